The number of carbonyl (C=O) groups excluding carboxylic acids is 2. The number of pyridine rings is 1. The molecule has 1 unspecified atom stereocenters. The first kappa shape index (κ1) is 11.5. The highest BCUT2D eigenvalue weighted by Gasteiger charge is 2.35. The van der Waals surface area contributed by atoms with E-state index >= 15 is 0 Å². The van der Waals surface area contributed by atoms with Crippen molar-refractivity contribution >= 4 is 23.4 Å². The fraction of sp³-hybridized carbons (Fsp3) is 0.417. The topological polar surface area (TPSA) is 62.3 Å². The highest BCUT2D eigenvalue weighted by Crippen LogP contribution is 2.35. The van der Waals surface area contributed by atoms with E-state index in [-0.39, 0.29) is 24.4 Å². The van der Waals surface area contributed by atoms with Crippen molar-refractivity contribution in [3.05, 3.63) is 28.5 Å². The standard InChI is InChI=1S/C12H12ClN3O2/c13-12-8-2-4-16-9(7(8)1-3-14-12)5-10(17)15-6-11(16)18/h1,3,9H,2,4-6H2,(H,15,17). The van der Waals surface area contributed by atoms with Crippen LogP contribution in [0.3, 0.4) is 0 Å². The van der Waals surface area contributed by atoms with Crippen LogP contribution in [-0.2, 0) is 16.0 Å². The summed E-state index contributed by atoms with van der Waals surface area (Å²) in [4.78, 5) is 29.4. The van der Waals surface area contributed by atoms with Gasteiger partial charge in [0.25, 0.3) is 0 Å². The number of fused-ring (bicyclic) bond motifs is 3. The third kappa shape index (κ3) is 1.75. The van der Waals surface area contributed by atoms with Crippen LogP contribution in [0.15, 0.2) is 12.3 Å². The first-order valence-corrected chi connectivity index (χ1v) is 6.24. The third-order valence-corrected chi connectivity index (χ3v) is 3.84. The van der Waals surface area contributed by atoms with E-state index in [0.29, 0.717) is 24.5 Å². The van der Waals surface area contributed by atoms with Gasteiger partial charge < -0.3 is 10.2 Å². The second-order valence-electron chi connectivity index (χ2n) is 4.50. The van der Waals surface area contributed by atoms with Gasteiger partial charge in [0.1, 0.15) is 5.15 Å². The number of nitrogens with zero attached hydrogens (tertiary/aromatic N) is 2. The van der Waals surface area contributed by atoms with E-state index in [4.69, 9.17) is 11.6 Å². The fourth-order valence-electron chi connectivity index (χ4n) is 2.64. The number of nitrogens with one attached hydrogen (secondary N) is 1. The molecule has 6 heteroatoms. The monoisotopic (exact) mass is 265 g/mol. The lowest BCUT2D eigenvalue weighted by Gasteiger charge is -2.35. The predicted octanol–water partition coefficient (Wildman–Crippen LogP) is 0.681. The molecule has 2 aliphatic heterocycles. The molecular formula is C12H12ClN3O2. The van der Waals surface area contributed by atoms with Crippen molar-refractivity contribution < 1.29 is 9.59 Å². The minimum absolute atomic E-state index is 0.0376. The Kier molecular flexibility index (Phi) is 2.70. The SMILES string of the molecule is O=C1CC2c3ccnc(Cl)c3CCN2C(=O)CN1. The number of carbonyl (C=O) groups is 2. The summed E-state index contributed by atoms with van der Waals surface area (Å²) in [6.07, 6.45) is 2.61. The molecule has 5 nitrogen and oxygen atoms in total. The Morgan fingerprint density at radius 3 is 3.11 bits per heavy atom. The molecule has 1 saturated heterocycles. The average Bonchev–Trinajstić information content (AvgIpc) is 2.50. The van der Waals surface area contributed by atoms with Crippen molar-refractivity contribution in [1.82, 2.24) is 15.2 Å². The van der Waals surface area contributed by atoms with E-state index in [2.05, 4.69) is 10.3 Å². The lowest BCUT2D eigenvalue weighted by molar-refractivity contribution is -0.132. The molecular weight excluding hydrogens is 254 g/mol. The smallest absolute Gasteiger partial charge is 0.242 e. The van der Waals surface area contributed by atoms with E-state index < -0.39 is 0 Å². The molecule has 0 aliphatic carbocycles. The number of rotatable bonds is 0. The van der Waals surface area contributed by atoms with Crippen LogP contribution in [0.5, 0.6) is 0 Å². The molecule has 94 valence electrons. The van der Waals surface area contributed by atoms with Crippen molar-refractivity contribution in [1.29, 1.82) is 0 Å². The van der Waals surface area contributed by atoms with Gasteiger partial charge in [-0.1, -0.05) is 11.6 Å². The molecule has 0 aromatic carbocycles. The van der Waals surface area contributed by atoms with Crippen molar-refractivity contribution in [2.45, 2.75) is 18.9 Å². The highest BCUT2D eigenvalue weighted by molar-refractivity contribution is 6.30. The van der Waals surface area contributed by atoms with E-state index in [9.17, 15) is 9.59 Å². The number of hydrogen-bond acceptors (Lipinski definition) is 3. The van der Waals surface area contributed by atoms with E-state index in [1.165, 1.54) is 0 Å². The van der Waals surface area contributed by atoms with Crippen molar-refractivity contribution in [3.8, 4) is 0 Å². The van der Waals surface area contributed by atoms with Crippen LogP contribution in [0.2, 0.25) is 5.15 Å². The Morgan fingerprint density at radius 1 is 1.44 bits per heavy atom. The third-order valence-electron chi connectivity index (χ3n) is 3.51. The van der Waals surface area contributed by atoms with Gasteiger partial charge in [-0.3, -0.25) is 9.59 Å². The Bertz CT molecular complexity index is 532. The predicted molar refractivity (Wildman–Crippen MR) is 65.0 cm³/mol. The summed E-state index contributed by atoms with van der Waals surface area (Å²) in [6.45, 7) is 0.681. The Hall–Kier alpha value is -1.62. The van der Waals surface area contributed by atoms with Crippen molar-refractivity contribution in [2.75, 3.05) is 13.1 Å². The molecule has 2 aliphatic rings. The van der Waals surface area contributed by atoms with Gasteiger partial charge >= 0.3 is 0 Å². The normalized spacial score (nSPS) is 22.9. The molecule has 3 heterocycles. The van der Waals surface area contributed by atoms with E-state index in [0.717, 1.165) is 11.1 Å². The summed E-state index contributed by atoms with van der Waals surface area (Å²) in [5, 5.41) is 3.09. The lowest BCUT2D eigenvalue weighted by atomic mass is 9.92. The summed E-state index contributed by atoms with van der Waals surface area (Å²) in [7, 11) is 0. The second kappa shape index (κ2) is 4.24. The molecule has 18 heavy (non-hydrogen) atoms. The number of amides is 2. The zero-order valence-corrected chi connectivity index (χ0v) is 10.4. The largest absolute Gasteiger partial charge is 0.347 e. The molecule has 0 bridgehead atoms. The first-order chi connectivity index (χ1) is 8.66. The van der Waals surface area contributed by atoms with Crippen LogP contribution in [0, 0.1) is 0 Å². The Balaban J connectivity index is 2.07. The molecule has 1 atom stereocenters. The van der Waals surface area contributed by atoms with Gasteiger partial charge in [0.05, 0.1) is 19.0 Å². The van der Waals surface area contributed by atoms with Gasteiger partial charge in [-0.05, 0) is 23.6 Å². The van der Waals surface area contributed by atoms with Gasteiger partial charge in [-0.2, -0.15) is 0 Å². The summed E-state index contributed by atoms with van der Waals surface area (Å²) in [6, 6.07) is 1.65. The molecule has 3 rings (SSSR count). The molecule has 2 amide bonds. The van der Waals surface area contributed by atoms with Crippen LogP contribution in [0.25, 0.3) is 0 Å². The summed E-state index contributed by atoms with van der Waals surface area (Å²) >= 11 is 6.07. The summed E-state index contributed by atoms with van der Waals surface area (Å²) in [5.74, 6) is -0.138. The second-order valence-corrected chi connectivity index (χ2v) is 4.86. The average molecular weight is 266 g/mol. The summed E-state index contributed by atoms with van der Waals surface area (Å²) in [5.41, 5.74) is 1.91. The van der Waals surface area contributed by atoms with Crippen molar-refractivity contribution in [2.24, 2.45) is 0 Å². The first-order valence-electron chi connectivity index (χ1n) is 5.86. The zero-order valence-electron chi connectivity index (χ0n) is 9.65. The molecule has 1 fully saturated rings. The van der Waals surface area contributed by atoms with Gasteiger partial charge in [-0.15, -0.1) is 0 Å². The maximum absolute atomic E-state index is 12.0. The van der Waals surface area contributed by atoms with Crippen LogP contribution in [0.1, 0.15) is 23.6 Å². The van der Waals surface area contributed by atoms with Gasteiger partial charge in [-0.25, -0.2) is 4.98 Å². The highest BCUT2D eigenvalue weighted by atomic mass is 35.5. The quantitative estimate of drug-likeness (QED) is 0.702. The van der Waals surface area contributed by atoms with E-state index in [1.54, 1.807) is 11.1 Å². The number of halogens is 1. The van der Waals surface area contributed by atoms with Crippen LogP contribution in [0.4, 0.5) is 0 Å². The van der Waals surface area contributed by atoms with Gasteiger partial charge in [0.15, 0.2) is 0 Å². The van der Waals surface area contributed by atoms with Crippen LogP contribution in [-0.4, -0.2) is 34.8 Å². The molecule has 0 spiro atoms. The maximum atomic E-state index is 12.0. The van der Waals surface area contributed by atoms with Gasteiger partial charge in [0, 0.05) is 12.7 Å². The fourth-order valence-corrected chi connectivity index (χ4v) is 2.90. The van der Waals surface area contributed by atoms with Crippen LogP contribution < -0.4 is 5.32 Å². The molecule has 0 radical (unpaired) electrons. The zero-order chi connectivity index (χ0) is 12.7. The number of hydrogen-bond donors (Lipinski definition) is 1. The van der Waals surface area contributed by atoms with Crippen molar-refractivity contribution in [3.63, 3.8) is 0 Å². The molecule has 1 aromatic heterocycles. The molecule has 0 saturated carbocycles. The van der Waals surface area contributed by atoms with E-state index in [1.807, 2.05) is 6.07 Å². The van der Waals surface area contributed by atoms with Crippen LogP contribution >= 0.6 is 11.6 Å². The maximum Gasteiger partial charge on any atom is 0.242 e. The minimum Gasteiger partial charge on any atom is -0.347 e. The Labute approximate surface area is 109 Å². The molecule has 1 aromatic rings. The molecule has 1 N–H and O–H groups in total. The lowest BCUT2D eigenvalue weighted by Crippen LogP contribution is -2.41. The summed E-state index contributed by atoms with van der Waals surface area (Å²) < 4.78 is 0. The minimum atomic E-state index is -0.204. The number of aromatic nitrogens is 1. The van der Waals surface area contributed by atoms with Gasteiger partial charge in [0.2, 0.25) is 11.8 Å². The Morgan fingerprint density at radius 2 is 2.28 bits per heavy atom.